The van der Waals surface area contributed by atoms with Crippen LogP contribution in [0.3, 0.4) is 0 Å². The summed E-state index contributed by atoms with van der Waals surface area (Å²) in [6.07, 6.45) is 2.67. The Bertz CT molecular complexity index is 1230. The standard InChI is InChI=1S/C24H30N6O4S/c1-3-13-30-17-10-6-5-9-15(17)20-22(30)27-24(29-28-20)35-14-16-21(26-23(33)25-16)18(31)11-7-8-12-19(32)34-4-2/h5-6,9-10,16,21H,3-4,7-8,11-14H2,1-2H3,(H2,25,26,33). The second kappa shape index (κ2) is 11.5. The molecule has 4 rings (SSSR count). The number of unbranched alkanes of at least 4 members (excludes halogenated alkanes) is 1. The molecule has 1 saturated heterocycles. The lowest BCUT2D eigenvalue weighted by Crippen LogP contribution is -2.42. The molecule has 2 amide bonds. The fourth-order valence-electron chi connectivity index (χ4n) is 4.30. The summed E-state index contributed by atoms with van der Waals surface area (Å²) in [5.41, 5.74) is 2.63. The average Bonchev–Trinajstić information content (AvgIpc) is 3.38. The molecule has 2 aromatic heterocycles. The van der Waals surface area contributed by atoms with Crippen LogP contribution in [0, 0.1) is 0 Å². The number of nitrogens with one attached hydrogen (secondary N) is 2. The van der Waals surface area contributed by atoms with Crippen molar-refractivity contribution < 1.29 is 19.1 Å². The maximum Gasteiger partial charge on any atom is 0.315 e. The molecule has 11 heteroatoms. The second-order valence-electron chi connectivity index (χ2n) is 8.43. The Hall–Kier alpha value is -3.21. The maximum atomic E-state index is 12.7. The highest BCUT2D eigenvalue weighted by Gasteiger charge is 2.36. The van der Waals surface area contributed by atoms with Crippen LogP contribution in [0.4, 0.5) is 4.79 Å². The number of amides is 2. The van der Waals surface area contributed by atoms with Gasteiger partial charge < -0.3 is 19.9 Å². The van der Waals surface area contributed by atoms with Gasteiger partial charge in [0.2, 0.25) is 5.16 Å². The Morgan fingerprint density at radius 3 is 2.71 bits per heavy atom. The number of ether oxygens (including phenoxy) is 1. The van der Waals surface area contributed by atoms with Crippen molar-refractivity contribution in [2.24, 2.45) is 0 Å². The van der Waals surface area contributed by atoms with Crippen molar-refractivity contribution in [3.8, 4) is 0 Å². The van der Waals surface area contributed by atoms with Gasteiger partial charge >= 0.3 is 12.0 Å². The fraction of sp³-hybridized carbons (Fsp3) is 0.500. The molecule has 3 heterocycles. The molecule has 1 fully saturated rings. The van der Waals surface area contributed by atoms with E-state index in [1.807, 2.05) is 18.2 Å². The van der Waals surface area contributed by atoms with Crippen molar-refractivity contribution in [1.29, 1.82) is 0 Å². The van der Waals surface area contributed by atoms with Crippen LogP contribution in [0.25, 0.3) is 22.1 Å². The second-order valence-corrected chi connectivity index (χ2v) is 9.41. The number of aromatic nitrogens is 4. The van der Waals surface area contributed by atoms with E-state index in [2.05, 4.69) is 38.4 Å². The SMILES string of the molecule is CCCn1c2ccccc2c2nnc(SCC3NC(=O)NC3C(=O)CCCCC(=O)OCC)nc21. The van der Waals surface area contributed by atoms with E-state index < -0.39 is 6.04 Å². The number of fused-ring (bicyclic) bond motifs is 3. The van der Waals surface area contributed by atoms with E-state index in [4.69, 9.17) is 9.72 Å². The molecule has 35 heavy (non-hydrogen) atoms. The third kappa shape index (κ3) is 5.72. The van der Waals surface area contributed by atoms with Gasteiger partial charge in [0.1, 0.15) is 11.6 Å². The van der Waals surface area contributed by atoms with Crippen molar-refractivity contribution in [3.63, 3.8) is 0 Å². The van der Waals surface area contributed by atoms with E-state index in [1.165, 1.54) is 11.8 Å². The summed E-state index contributed by atoms with van der Waals surface area (Å²) in [5.74, 6) is 0.114. The first-order chi connectivity index (χ1) is 17.0. The molecule has 3 aromatic rings. The first kappa shape index (κ1) is 24.9. The normalized spacial score (nSPS) is 17.5. The summed E-state index contributed by atoms with van der Waals surface area (Å²) < 4.78 is 7.06. The zero-order chi connectivity index (χ0) is 24.8. The van der Waals surface area contributed by atoms with Gasteiger partial charge in [0.15, 0.2) is 11.4 Å². The number of Topliss-reactive ketones (excluding diaryl/α,β-unsaturated/α-hetero) is 1. The van der Waals surface area contributed by atoms with Gasteiger partial charge in [0.05, 0.1) is 18.2 Å². The number of carbonyl (C=O) groups is 3. The van der Waals surface area contributed by atoms with Crippen LogP contribution in [0.15, 0.2) is 29.4 Å². The largest absolute Gasteiger partial charge is 0.466 e. The minimum Gasteiger partial charge on any atom is -0.466 e. The smallest absolute Gasteiger partial charge is 0.315 e. The molecular weight excluding hydrogens is 468 g/mol. The third-order valence-electron chi connectivity index (χ3n) is 5.91. The van der Waals surface area contributed by atoms with Gasteiger partial charge in [0, 0.05) is 30.5 Å². The lowest BCUT2D eigenvalue weighted by Gasteiger charge is -2.16. The highest BCUT2D eigenvalue weighted by molar-refractivity contribution is 7.99. The number of rotatable bonds is 12. The van der Waals surface area contributed by atoms with Crippen LogP contribution >= 0.6 is 11.8 Å². The van der Waals surface area contributed by atoms with E-state index in [0.717, 1.165) is 35.0 Å². The number of aryl methyl sites for hydroxylation is 1. The number of nitrogens with zero attached hydrogens (tertiary/aromatic N) is 4. The summed E-state index contributed by atoms with van der Waals surface area (Å²) in [5, 5.41) is 15.8. The van der Waals surface area contributed by atoms with Gasteiger partial charge in [-0.25, -0.2) is 9.78 Å². The van der Waals surface area contributed by atoms with E-state index >= 15 is 0 Å². The molecule has 186 valence electrons. The molecular formula is C24H30N6O4S. The Labute approximate surface area is 207 Å². The van der Waals surface area contributed by atoms with Crippen LogP contribution in [-0.2, 0) is 20.9 Å². The summed E-state index contributed by atoms with van der Waals surface area (Å²) >= 11 is 1.36. The van der Waals surface area contributed by atoms with E-state index in [0.29, 0.717) is 30.4 Å². The first-order valence-corrected chi connectivity index (χ1v) is 13.0. The van der Waals surface area contributed by atoms with Crippen molar-refractivity contribution in [1.82, 2.24) is 30.4 Å². The van der Waals surface area contributed by atoms with Crippen LogP contribution in [0.1, 0.15) is 46.0 Å². The molecule has 2 atom stereocenters. The summed E-state index contributed by atoms with van der Waals surface area (Å²) in [7, 11) is 0. The van der Waals surface area contributed by atoms with Gasteiger partial charge in [-0.2, -0.15) is 0 Å². The predicted molar refractivity (Wildman–Crippen MR) is 133 cm³/mol. The lowest BCUT2D eigenvalue weighted by atomic mass is 10.0. The number of hydrogen-bond acceptors (Lipinski definition) is 8. The van der Waals surface area contributed by atoms with Crippen LogP contribution in [0.2, 0.25) is 0 Å². The summed E-state index contributed by atoms with van der Waals surface area (Å²) in [6, 6.07) is 6.69. The number of hydrogen-bond donors (Lipinski definition) is 2. The number of ketones is 1. The number of thioether (sulfide) groups is 1. The number of carbonyl (C=O) groups excluding carboxylic acids is 3. The summed E-state index contributed by atoms with van der Waals surface area (Å²) in [6.45, 7) is 5.06. The van der Waals surface area contributed by atoms with Gasteiger partial charge in [-0.3, -0.25) is 9.59 Å². The van der Waals surface area contributed by atoms with Crippen molar-refractivity contribution in [2.45, 2.75) is 69.7 Å². The zero-order valence-corrected chi connectivity index (χ0v) is 20.8. The Morgan fingerprint density at radius 1 is 1.11 bits per heavy atom. The Balaban J connectivity index is 1.40. The Morgan fingerprint density at radius 2 is 1.91 bits per heavy atom. The molecule has 0 saturated carbocycles. The minimum absolute atomic E-state index is 0.0598. The molecule has 2 N–H and O–H groups in total. The van der Waals surface area contributed by atoms with Crippen molar-refractivity contribution in [2.75, 3.05) is 12.4 Å². The average molecular weight is 499 g/mol. The molecule has 0 radical (unpaired) electrons. The van der Waals surface area contributed by atoms with Crippen LogP contribution < -0.4 is 10.6 Å². The first-order valence-electron chi connectivity index (χ1n) is 12.0. The predicted octanol–water partition coefficient (Wildman–Crippen LogP) is 3.22. The molecule has 0 bridgehead atoms. The molecule has 0 spiro atoms. The van der Waals surface area contributed by atoms with Crippen LogP contribution in [0.5, 0.6) is 0 Å². The minimum atomic E-state index is -0.624. The van der Waals surface area contributed by atoms with E-state index in [9.17, 15) is 14.4 Å². The quantitative estimate of drug-likeness (QED) is 0.221. The lowest BCUT2D eigenvalue weighted by molar-refractivity contribution is -0.143. The number of esters is 1. The number of para-hydroxylation sites is 1. The molecule has 1 aliphatic heterocycles. The van der Waals surface area contributed by atoms with Gasteiger partial charge in [-0.15, -0.1) is 10.2 Å². The highest BCUT2D eigenvalue weighted by atomic mass is 32.2. The monoisotopic (exact) mass is 498 g/mol. The topological polar surface area (TPSA) is 128 Å². The molecule has 0 aliphatic carbocycles. The highest BCUT2D eigenvalue weighted by Crippen LogP contribution is 2.28. The van der Waals surface area contributed by atoms with Crippen LogP contribution in [-0.4, -0.2) is 62.0 Å². The van der Waals surface area contributed by atoms with Crippen molar-refractivity contribution >= 4 is 51.6 Å². The zero-order valence-electron chi connectivity index (χ0n) is 20.0. The Kier molecular flexibility index (Phi) is 8.17. The molecule has 2 unspecified atom stereocenters. The van der Waals surface area contributed by atoms with E-state index in [-0.39, 0.29) is 36.7 Å². The van der Waals surface area contributed by atoms with Gasteiger partial charge in [-0.05, 0) is 32.3 Å². The van der Waals surface area contributed by atoms with Gasteiger partial charge in [-0.1, -0.05) is 36.9 Å². The maximum absolute atomic E-state index is 12.7. The van der Waals surface area contributed by atoms with Gasteiger partial charge in [0.25, 0.3) is 0 Å². The summed E-state index contributed by atoms with van der Waals surface area (Å²) in [4.78, 5) is 40.9. The van der Waals surface area contributed by atoms with Crippen molar-refractivity contribution in [3.05, 3.63) is 24.3 Å². The number of urea groups is 1. The molecule has 1 aliphatic rings. The number of benzene rings is 1. The fourth-order valence-corrected chi connectivity index (χ4v) is 5.15. The van der Waals surface area contributed by atoms with E-state index in [1.54, 1.807) is 6.92 Å². The third-order valence-corrected chi connectivity index (χ3v) is 6.86. The molecule has 10 nitrogen and oxygen atoms in total. The molecule has 1 aromatic carbocycles.